The maximum atomic E-state index is 13.4. The van der Waals surface area contributed by atoms with Crippen molar-refractivity contribution in [2.24, 2.45) is 11.0 Å². The number of nitrogens with zero attached hydrogens (tertiary/aromatic N) is 4. The molecule has 2 amide bonds. The van der Waals surface area contributed by atoms with Gasteiger partial charge in [-0.15, -0.1) is 0 Å². The second-order valence-electron chi connectivity index (χ2n) is 6.71. The van der Waals surface area contributed by atoms with Gasteiger partial charge in [-0.3, -0.25) is 24.7 Å². The number of carbonyl (C=O) groups excluding carboxylic acids is 3. The molecule has 10 nitrogen and oxygen atoms in total. The van der Waals surface area contributed by atoms with Crippen LogP contribution in [0, 0.1) is 16.0 Å². The third kappa shape index (κ3) is 3.36. The maximum absolute atomic E-state index is 13.4. The lowest BCUT2D eigenvalue weighted by Crippen LogP contribution is -2.39. The third-order valence-electron chi connectivity index (χ3n) is 4.94. The Balaban J connectivity index is 1.82. The number of esters is 1. The number of imide groups is 1. The molecule has 11 heteroatoms. The molecule has 2 aliphatic rings. The lowest BCUT2D eigenvalue weighted by atomic mass is 9.98. The van der Waals surface area contributed by atoms with E-state index < -0.39 is 40.4 Å². The number of fused-ring (bicyclic) bond motifs is 1. The van der Waals surface area contributed by atoms with Gasteiger partial charge in [-0.2, -0.15) is 5.10 Å². The number of hydrogen-bond acceptors (Lipinski definition) is 8. The summed E-state index contributed by atoms with van der Waals surface area (Å²) in [6.07, 6.45) is 0. The van der Waals surface area contributed by atoms with Crippen LogP contribution in [-0.2, 0) is 19.1 Å². The minimum Gasteiger partial charge on any atom is -0.461 e. The molecule has 0 N–H and O–H groups in total. The largest absolute Gasteiger partial charge is 0.461 e. The Morgan fingerprint density at radius 3 is 2.48 bits per heavy atom. The van der Waals surface area contributed by atoms with Crippen molar-refractivity contribution in [3.63, 3.8) is 0 Å². The van der Waals surface area contributed by atoms with E-state index in [-0.39, 0.29) is 18.0 Å². The van der Waals surface area contributed by atoms with Crippen LogP contribution in [0.4, 0.5) is 17.1 Å². The van der Waals surface area contributed by atoms with Gasteiger partial charge in [0.05, 0.1) is 17.2 Å². The molecule has 0 saturated carbocycles. The van der Waals surface area contributed by atoms with Gasteiger partial charge in [-0.1, -0.05) is 28.1 Å². The highest BCUT2D eigenvalue weighted by atomic mass is 79.9. The highest BCUT2D eigenvalue weighted by Crippen LogP contribution is 2.40. The monoisotopic (exact) mass is 486 g/mol. The third-order valence-corrected chi connectivity index (χ3v) is 5.47. The van der Waals surface area contributed by atoms with E-state index in [1.54, 1.807) is 31.2 Å². The van der Waals surface area contributed by atoms with E-state index in [4.69, 9.17) is 4.74 Å². The van der Waals surface area contributed by atoms with Gasteiger partial charge in [-0.25, -0.2) is 9.69 Å². The van der Waals surface area contributed by atoms with Crippen LogP contribution in [0.1, 0.15) is 6.92 Å². The molecular formula is C20H15BrN4O6. The summed E-state index contributed by atoms with van der Waals surface area (Å²) < 4.78 is 5.82. The van der Waals surface area contributed by atoms with E-state index in [9.17, 15) is 24.5 Å². The van der Waals surface area contributed by atoms with Gasteiger partial charge in [0.15, 0.2) is 5.71 Å². The summed E-state index contributed by atoms with van der Waals surface area (Å²) in [5, 5.41) is 17.0. The molecule has 0 aromatic heterocycles. The average molecular weight is 487 g/mol. The molecular weight excluding hydrogens is 472 g/mol. The minimum absolute atomic E-state index is 0.0591. The Hall–Kier alpha value is -3.60. The first-order chi connectivity index (χ1) is 14.8. The quantitative estimate of drug-likeness (QED) is 0.275. The molecule has 158 valence electrons. The van der Waals surface area contributed by atoms with E-state index in [1.165, 1.54) is 29.3 Å². The number of halogens is 1. The summed E-state index contributed by atoms with van der Waals surface area (Å²) in [6.45, 7) is 1.67. The fraction of sp³-hybridized carbons (Fsp3) is 0.200. The van der Waals surface area contributed by atoms with E-state index >= 15 is 0 Å². The van der Waals surface area contributed by atoms with E-state index in [0.717, 1.165) is 9.37 Å². The molecule has 0 aliphatic carbocycles. The standard InChI is InChI=1S/C20H15BrN4O6/c1-2-31-20(28)16-15-17(24(22-16)12-9-7-11(21)8-10-12)19(27)23(18(15)26)13-5-3-4-6-14(13)25(29)30/h3-10,15,17H,2H2,1H3. The molecule has 2 heterocycles. The Morgan fingerprint density at radius 2 is 1.84 bits per heavy atom. The van der Waals surface area contributed by atoms with Crippen molar-refractivity contribution in [1.29, 1.82) is 0 Å². The molecule has 2 atom stereocenters. The summed E-state index contributed by atoms with van der Waals surface area (Å²) in [7, 11) is 0. The number of ether oxygens (including phenoxy) is 1. The average Bonchev–Trinajstić information content (AvgIpc) is 3.26. The zero-order valence-corrected chi connectivity index (χ0v) is 17.7. The van der Waals surface area contributed by atoms with Crippen molar-refractivity contribution >= 4 is 56.5 Å². The van der Waals surface area contributed by atoms with Crippen LogP contribution >= 0.6 is 15.9 Å². The van der Waals surface area contributed by atoms with Crippen LogP contribution in [0.5, 0.6) is 0 Å². The second-order valence-corrected chi connectivity index (χ2v) is 7.62. The van der Waals surface area contributed by atoms with Crippen molar-refractivity contribution in [3.05, 3.63) is 63.1 Å². The fourth-order valence-corrected chi connectivity index (χ4v) is 3.90. The van der Waals surface area contributed by atoms with Gasteiger partial charge < -0.3 is 4.74 Å². The number of hydrazone groups is 1. The van der Waals surface area contributed by atoms with Gasteiger partial charge >= 0.3 is 5.97 Å². The van der Waals surface area contributed by atoms with Crippen molar-refractivity contribution in [3.8, 4) is 0 Å². The Morgan fingerprint density at radius 1 is 1.16 bits per heavy atom. The molecule has 0 spiro atoms. The van der Waals surface area contributed by atoms with Crippen molar-refractivity contribution in [2.45, 2.75) is 13.0 Å². The smallest absolute Gasteiger partial charge is 0.355 e. The Kier molecular flexibility index (Phi) is 5.27. The van der Waals surface area contributed by atoms with Crippen molar-refractivity contribution < 1.29 is 24.0 Å². The van der Waals surface area contributed by atoms with Crippen LogP contribution in [-0.4, -0.2) is 41.1 Å². The van der Waals surface area contributed by atoms with Crippen LogP contribution in [0.2, 0.25) is 0 Å². The molecule has 1 saturated heterocycles. The molecule has 2 aromatic rings. The number of carbonyl (C=O) groups is 3. The first kappa shape index (κ1) is 20.7. The highest BCUT2D eigenvalue weighted by Gasteiger charge is 2.59. The number of benzene rings is 2. The molecule has 2 aromatic carbocycles. The predicted octanol–water partition coefficient (Wildman–Crippen LogP) is 2.65. The van der Waals surface area contributed by atoms with Crippen LogP contribution in [0.15, 0.2) is 58.1 Å². The predicted molar refractivity (Wildman–Crippen MR) is 114 cm³/mol. The first-order valence-corrected chi connectivity index (χ1v) is 10.1. The normalized spacial score (nSPS) is 20.0. The van der Waals surface area contributed by atoms with E-state index in [2.05, 4.69) is 21.0 Å². The number of anilines is 2. The lowest BCUT2D eigenvalue weighted by Gasteiger charge is -2.22. The zero-order valence-electron chi connectivity index (χ0n) is 16.1. The maximum Gasteiger partial charge on any atom is 0.355 e. The molecule has 4 rings (SSSR count). The summed E-state index contributed by atoms with van der Waals surface area (Å²) in [6, 6.07) is 11.1. The number of nitro groups is 1. The number of para-hydroxylation sites is 2. The zero-order chi connectivity index (χ0) is 22.3. The molecule has 31 heavy (non-hydrogen) atoms. The Bertz CT molecular complexity index is 1130. The molecule has 2 unspecified atom stereocenters. The molecule has 0 bridgehead atoms. The highest BCUT2D eigenvalue weighted by molar-refractivity contribution is 9.10. The van der Waals surface area contributed by atoms with Crippen molar-refractivity contribution in [1.82, 2.24) is 0 Å². The van der Waals surface area contributed by atoms with Gasteiger partial charge in [0.2, 0.25) is 5.91 Å². The number of hydrogen-bond donors (Lipinski definition) is 0. The van der Waals surface area contributed by atoms with Crippen LogP contribution in [0.3, 0.4) is 0 Å². The van der Waals surface area contributed by atoms with Gasteiger partial charge in [0.25, 0.3) is 11.6 Å². The molecule has 0 radical (unpaired) electrons. The summed E-state index contributed by atoms with van der Waals surface area (Å²) in [5.41, 5.74) is -0.290. The lowest BCUT2D eigenvalue weighted by molar-refractivity contribution is -0.384. The Labute approximate surface area is 184 Å². The minimum atomic E-state index is -1.24. The van der Waals surface area contributed by atoms with E-state index in [0.29, 0.717) is 5.69 Å². The van der Waals surface area contributed by atoms with Crippen LogP contribution in [0.25, 0.3) is 0 Å². The van der Waals surface area contributed by atoms with Crippen molar-refractivity contribution in [2.75, 3.05) is 16.5 Å². The van der Waals surface area contributed by atoms with Gasteiger partial charge in [-0.05, 0) is 37.3 Å². The molecule has 1 fully saturated rings. The fourth-order valence-electron chi connectivity index (χ4n) is 3.64. The number of rotatable bonds is 5. The SMILES string of the molecule is CCOC(=O)C1=NN(c2ccc(Br)cc2)C2C(=O)N(c3ccccc3[N+](=O)[O-])C(=O)C12. The summed E-state index contributed by atoms with van der Waals surface area (Å²) in [4.78, 5) is 50.7. The number of nitro benzene ring substituents is 1. The van der Waals surface area contributed by atoms with Gasteiger partial charge in [0.1, 0.15) is 17.6 Å². The molecule has 2 aliphatic heterocycles. The van der Waals surface area contributed by atoms with E-state index in [1.807, 2.05) is 0 Å². The topological polar surface area (TPSA) is 122 Å². The van der Waals surface area contributed by atoms with Crippen LogP contribution < -0.4 is 9.91 Å². The van der Waals surface area contributed by atoms with Gasteiger partial charge in [0, 0.05) is 10.5 Å². The summed E-state index contributed by atoms with van der Waals surface area (Å²) >= 11 is 3.33. The first-order valence-electron chi connectivity index (χ1n) is 9.26. The summed E-state index contributed by atoms with van der Waals surface area (Å²) in [5.74, 6) is -3.54. The second kappa shape index (κ2) is 7.91. The number of amides is 2.